The minimum atomic E-state index is -0.689. The number of hydrogen-bond acceptors (Lipinski definition) is 5. The van der Waals surface area contributed by atoms with E-state index in [9.17, 15) is 19.7 Å². The van der Waals surface area contributed by atoms with Gasteiger partial charge >= 0.3 is 0 Å². The van der Waals surface area contributed by atoms with Gasteiger partial charge in [0.05, 0.1) is 11.1 Å². The van der Waals surface area contributed by atoms with E-state index in [1.54, 1.807) is 6.07 Å². The summed E-state index contributed by atoms with van der Waals surface area (Å²) in [5, 5.41) is 23.1. The summed E-state index contributed by atoms with van der Waals surface area (Å²) in [5.74, 6) is 1.95. The molecule has 0 aliphatic heterocycles. The lowest BCUT2D eigenvalue weighted by Gasteiger charge is -2.59. The third-order valence-electron chi connectivity index (χ3n) is 7.10. The van der Waals surface area contributed by atoms with Crippen LogP contribution in [-0.4, -0.2) is 21.4 Å². The molecular weight excluding hydrogens is 360 g/mol. The van der Waals surface area contributed by atoms with E-state index < -0.39 is 10.5 Å². The molecule has 1 heterocycles. The molecule has 1 atom stereocenters. The Morgan fingerprint density at radius 2 is 1.93 bits per heavy atom. The second kappa shape index (κ2) is 6.73. The smallest absolute Gasteiger partial charge is 0.287 e. The number of nitriles is 1. The van der Waals surface area contributed by atoms with E-state index in [1.165, 1.54) is 19.3 Å². The van der Waals surface area contributed by atoms with Gasteiger partial charge in [-0.05, 0) is 68.6 Å². The number of nitrogens with one attached hydrogen (secondary N) is 1. The van der Waals surface area contributed by atoms with Crippen LogP contribution in [0.1, 0.15) is 51.0 Å². The molecule has 4 aliphatic rings. The Bertz CT molecular complexity index is 894. The van der Waals surface area contributed by atoms with Crippen LogP contribution in [0.5, 0.6) is 0 Å². The number of rotatable bonds is 5. The van der Waals surface area contributed by atoms with Gasteiger partial charge in [-0.3, -0.25) is 24.3 Å². The highest BCUT2D eigenvalue weighted by Gasteiger charge is 2.53. The van der Waals surface area contributed by atoms with Crippen molar-refractivity contribution in [1.82, 2.24) is 9.88 Å². The second-order valence-electron chi connectivity index (χ2n) is 8.98. The number of amides is 1. The van der Waals surface area contributed by atoms with Gasteiger partial charge in [0.1, 0.15) is 18.2 Å². The number of nitro groups is 1. The molecular formula is C20H24N4O4. The molecule has 4 saturated carbocycles. The maximum atomic E-state index is 12.6. The van der Waals surface area contributed by atoms with Crippen molar-refractivity contribution in [1.29, 1.82) is 5.26 Å². The van der Waals surface area contributed by atoms with Gasteiger partial charge in [-0.1, -0.05) is 0 Å². The molecule has 1 N–H and O–H groups in total. The molecule has 0 radical (unpaired) electrons. The van der Waals surface area contributed by atoms with E-state index in [2.05, 4.69) is 5.32 Å². The molecule has 0 aromatic carbocycles. The summed E-state index contributed by atoms with van der Waals surface area (Å²) in [5.41, 5.74) is -1.27. The minimum absolute atomic E-state index is 0.00163. The number of carbonyl (C=O) groups is 1. The quantitative estimate of drug-likeness (QED) is 0.617. The number of pyridine rings is 1. The molecule has 8 heteroatoms. The molecule has 4 fully saturated rings. The Balaban J connectivity index is 1.49. The SMILES string of the molecule is C[C@H](NC(=O)Cn1cc([N+](=O)[O-])cc(C#N)c1=O)C12CC3CC(CC(C3)C1)C2. The minimum Gasteiger partial charge on any atom is -0.352 e. The van der Waals surface area contributed by atoms with Gasteiger partial charge in [-0.2, -0.15) is 5.26 Å². The van der Waals surface area contributed by atoms with Crippen LogP contribution in [0, 0.1) is 44.6 Å². The molecule has 1 aromatic heterocycles. The normalized spacial score (nSPS) is 31.2. The van der Waals surface area contributed by atoms with E-state index in [1.807, 2.05) is 6.92 Å². The fourth-order valence-electron chi connectivity index (χ4n) is 6.22. The summed E-state index contributed by atoms with van der Waals surface area (Å²) < 4.78 is 0.957. The average molecular weight is 384 g/mol. The van der Waals surface area contributed by atoms with Crippen molar-refractivity contribution in [2.24, 2.45) is 23.2 Å². The van der Waals surface area contributed by atoms with Crippen LogP contribution in [0.2, 0.25) is 0 Å². The van der Waals surface area contributed by atoms with Gasteiger partial charge in [-0.15, -0.1) is 0 Å². The van der Waals surface area contributed by atoms with E-state index in [0.717, 1.165) is 53.8 Å². The standard InChI is InChI=1S/C20H24N4O4/c1-12(20-6-13-2-14(7-20)4-15(3-13)8-20)22-18(25)11-23-10-17(24(27)28)5-16(9-21)19(23)26/h5,10,12-15H,2-4,6-8,11H2,1H3,(H,22,25)/t12-,13?,14?,15?,20?/m0/s1. The van der Waals surface area contributed by atoms with Crippen molar-refractivity contribution in [3.8, 4) is 6.07 Å². The molecule has 1 aromatic rings. The highest BCUT2D eigenvalue weighted by atomic mass is 16.6. The monoisotopic (exact) mass is 384 g/mol. The largest absolute Gasteiger partial charge is 0.352 e. The summed E-state index contributed by atoms with van der Waals surface area (Å²) in [7, 11) is 0. The molecule has 5 rings (SSSR count). The van der Waals surface area contributed by atoms with Crippen LogP contribution in [0.4, 0.5) is 5.69 Å². The van der Waals surface area contributed by atoms with Crippen LogP contribution in [0.25, 0.3) is 0 Å². The topological polar surface area (TPSA) is 118 Å². The van der Waals surface area contributed by atoms with Crippen LogP contribution >= 0.6 is 0 Å². The van der Waals surface area contributed by atoms with E-state index >= 15 is 0 Å². The molecule has 4 bridgehead atoms. The second-order valence-corrected chi connectivity index (χ2v) is 8.98. The first-order valence-corrected chi connectivity index (χ1v) is 9.88. The third kappa shape index (κ3) is 3.19. The first-order chi connectivity index (χ1) is 13.3. The Hall–Kier alpha value is -2.69. The van der Waals surface area contributed by atoms with E-state index in [0.29, 0.717) is 0 Å². The Labute approximate surface area is 162 Å². The fraction of sp³-hybridized carbons (Fsp3) is 0.650. The first-order valence-electron chi connectivity index (χ1n) is 9.88. The average Bonchev–Trinajstić information content (AvgIpc) is 2.62. The fourth-order valence-corrected chi connectivity index (χ4v) is 6.22. The van der Waals surface area contributed by atoms with Gasteiger partial charge < -0.3 is 5.32 Å². The highest BCUT2D eigenvalue weighted by molar-refractivity contribution is 5.76. The molecule has 1 amide bonds. The number of aromatic nitrogens is 1. The highest BCUT2D eigenvalue weighted by Crippen LogP contribution is 2.61. The van der Waals surface area contributed by atoms with E-state index in [-0.39, 0.29) is 35.2 Å². The lowest BCUT2D eigenvalue weighted by Crippen LogP contribution is -2.56. The summed E-state index contributed by atoms with van der Waals surface area (Å²) in [6.45, 7) is 1.72. The van der Waals surface area contributed by atoms with Crippen molar-refractivity contribution in [2.75, 3.05) is 0 Å². The predicted octanol–water partition coefficient (Wildman–Crippen LogP) is 2.35. The maximum Gasteiger partial charge on any atom is 0.287 e. The van der Waals surface area contributed by atoms with Crippen molar-refractivity contribution in [2.45, 2.75) is 58.0 Å². The molecule has 4 aliphatic carbocycles. The van der Waals surface area contributed by atoms with Gasteiger partial charge in [0.25, 0.3) is 11.2 Å². The number of carbonyl (C=O) groups excluding carboxylic acids is 1. The summed E-state index contributed by atoms with van der Waals surface area (Å²) in [6, 6.07) is 2.60. The Morgan fingerprint density at radius 1 is 1.36 bits per heavy atom. The molecule has 0 spiro atoms. The summed E-state index contributed by atoms with van der Waals surface area (Å²) in [4.78, 5) is 35.2. The first kappa shape index (κ1) is 18.7. The lowest BCUT2D eigenvalue weighted by molar-refractivity contribution is -0.385. The van der Waals surface area contributed by atoms with Gasteiger partial charge in [0.15, 0.2) is 0 Å². The van der Waals surface area contributed by atoms with Crippen LogP contribution in [0.15, 0.2) is 17.1 Å². The molecule has 148 valence electrons. The van der Waals surface area contributed by atoms with Crippen LogP contribution in [-0.2, 0) is 11.3 Å². The van der Waals surface area contributed by atoms with Crippen molar-refractivity contribution >= 4 is 11.6 Å². The van der Waals surface area contributed by atoms with Crippen LogP contribution < -0.4 is 10.9 Å². The van der Waals surface area contributed by atoms with Gasteiger partial charge in [-0.25, -0.2) is 0 Å². The van der Waals surface area contributed by atoms with E-state index in [4.69, 9.17) is 5.26 Å². The predicted molar refractivity (Wildman–Crippen MR) is 100 cm³/mol. The maximum absolute atomic E-state index is 12.6. The van der Waals surface area contributed by atoms with Crippen molar-refractivity contribution < 1.29 is 9.72 Å². The van der Waals surface area contributed by atoms with Gasteiger partial charge in [0.2, 0.25) is 5.91 Å². The number of nitrogens with zero attached hydrogens (tertiary/aromatic N) is 3. The molecule has 8 nitrogen and oxygen atoms in total. The summed E-state index contributed by atoms with van der Waals surface area (Å²) >= 11 is 0. The zero-order valence-electron chi connectivity index (χ0n) is 15.9. The van der Waals surface area contributed by atoms with Crippen molar-refractivity contribution in [3.63, 3.8) is 0 Å². The van der Waals surface area contributed by atoms with Crippen LogP contribution in [0.3, 0.4) is 0 Å². The Kier molecular flexibility index (Phi) is 4.48. The molecule has 0 saturated heterocycles. The zero-order chi connectivity index (χ0) is 20.1. The van der Waals surface area contributed by atoms with Gasteiger partial charge in [0, 0.05) is 12.1 Å². The van der Waals surface area contributed by atoms with Crippen molar-refractivity contribution in [3.05, 3.63) is 38.3 Å². The molecule has 28 heavy (non-hydrogen) atoms. The zero-order valence-corrected chi connectivity index (χ0v) is 15.9. The lowest BCUT2D eigenvalue weighted by atomic mass is 9.48. The third-order valence-corrected chi connectivity index (χ3v) is 7.10. The Morgan fingerprint density at radius 3 is 2.43 bits per heavy atom. The number of hydrogen-bond donors (Lipinski definition) is 1. The summed E-state index contributed by atoms with van der Waals surface area (Å²) in [6.07, 6.45) is 8.43. The molecule has 0 unspecified atom stereocenters.